The molecule has 0 radical (unpaired) electrons. The SMILES string of the molecule is COc1ccc2cc(CN(C)CC(=O)Nc3c(C)cc(C)cc3Cl)ccc2c1. The summed E-state index contributed by atoms with van der Waals surface area (Å²) < 4.78 is 5.27. The van der Waals surface area contributed by atoms with E-state index in [1.54, 1.807) is 7.11 Å². The number of aryl methyl sites for hydroxylation is 2. The highest BCUT2D eigenvalue weighted by molar-refractivity contribution is 6.34. The molecule has 0 heterocycles. The van der Waals surface area contributed by atoms with Crippen molar-refractivity contribution in [2.45, 2.75) is 20.4 Å². The molecular weight excluding hydrogens is 372 g/mol. The summed E-state index contributed by atoms with van der Waals surface area (Å²) in [5.74, 6) is 0.765. The van der Waals surface area contributed by atoms with E-state index in [4.69, 9.17) is 16.3 Å². The van der Waals surface area contributed by atoms with Gasteiger partial charge in [-0.25, -0.2) is 0 Å². The van der Waals surface area contributed by atoms with Crippen molar-refractivity contribution in [1.82, 2.24) is 4.90 Å². The zero-order valence-corrected chi connectivity index (χ0v) is 17.4. The summed E-state index contributed by atoms with van der Waals surface area (Å²) in [6.45, 7) is 4.89. The second-order valence-corrected chi connectivity index (χ2v) is 7.61. The maximum Gasteiger partial charge on any atom is 0.238 e. The zero-order chi connectivity index (χ0) is 20.3. The summed E-state index contributed by atoms with van der Waals surface area (Å²) in [5, 5.41) is 5.79. The molecule has 5 heteroatoms. The van der Waals surface area contributed by atoms with Crippen molar-refractivity contribution in [1.29, 1.82) is 0 Å². The Labute approximate surface area is 171 Å². The molecule has 0 fully saturated rings. The van der Waals surface area contributed by atoms with Gasteiger partial charge in [-0.1, -0.05) is 35.9 Å². The molecule has 0 saturated heterocycles. The van der Waals surface area contributed by atoms with Gasteiger partial charge in [0.2, 0.25) is 5.91 Å². The summed E-state index contributed by atoms with van der Waals surface area (Å²) in [5.41, 5.74) is 3.88. The van der Waals surface area contributed by atoms with Gasteiger partial charge in [-0.15, -0.1) is 0 Å². The molecule has 3 rings (SSSR count). The molecule has 1 N–H and O–H groups in total. The van der Waals surface area contributed by atoms with E-state index in [1.807, 2.05) is 56.1 Å². The smallest absolute Gasteiger partial charge is 0.238 e. The second kappa shape index (κ2) is 8.63. The number of methoxy groups -OCH3 is 1. The highest BCUT2D eigenvalue weighted by Crippen LogP contribution is 2.27. The van der Waals surface area contributed by atoms with Gasteiger partial charge in [-0.2, -0.15) is 0 Å². The van der Waals surface area contributed by atoms with Gasteiger partial charge in [0.25, 0.3) is 0 Å². The van der Waals surface area contributed by atoms with Gasteiger partial charge in [0.1, 0.15) is 5.75 Å². The first kappa shape index (κ1) is 20.2. The van der Waals surface area contributed by atoms with Crippen LogP contribution in [0.4, 0.5) is 5.69 Å². The Kier molecular flexibility index (Phi) is 6.22. The molecule has 3 aromatic rings. The van der Waals surface area contributed by atoms with Crippen LogP contribution in [0.3, 0.4) is 0 Å². The Morgan fingerprint density at radius 3 is 2.50 bits per heavy atom. The van der Waals surface area contributed by atoms with Gasteiger partial charge in [0.05, 0.1) is 24.4 Å². The molecule has 146 valence electrons. The molecule has 0 aliphatic carbocycles. The largest absolute Gasteiger partial charge is 0.497 e. The fourth-order valence-corrected chi connectivity index (χ4v) is 3.73. The van der Waals surface area contributed by atoms with Crippen molar-refractivity contribution in [2.75, 3.05) is 26.0 Å². The van der Waals surface area contributed by atoms with Crippen molar-refractivity contribution < 1.29 is 9.53 Å². The molecule has 0 spiro atoms. The molecule has 0 aliphatic rings. The van der Waals surface area contributed by atoms with Crippen LogP contribution in [0, 0.1) is 13.8 Å². The molecule has 4 nitrogen and oxygen atoms in total. The van der Waals surface area contributed by atoms with Crippen molar-refractivity contribution in [3.8, 4) is 5.75 Å². The number of amides is 1. The number of fused-ring (bicyclic) bond motifs is 1. The molecule has 0 aliphatic heterocycles. The number of likely N-dealkylation sites (N-methyl/N-ethyl adjacent to an activating group) is 1. The molecule has 0 aromatic heterocycles. The molecule has 1 amide bonds. The number of carbonyl (C=O) groups excluding carboxylic acids is 1. The van der Waals surface area contributed by atoms with E-state index in [1.165, 1.54) is 0 Å². The Morgan fingerprint density at radius 1 is 1.07 bits per heavy atom. The number of halogens is 1. The minimum absolute atomic E-state index is 0.0816. The van der Waals surface area contributed by atoms with Crippen LogP contribution >= 0.6 is 11.6 Å². The van der Waals surface area contributed by atoms with E-state index in [0.29, 0.717) is 17.3 Å². The first-order chi connectivity index (χ1) is 13.4. The van der Waals surface area contributed by atoms with Gasteiger partial charge < -0.3 is 10.1 Å². The van der Waals surface area contributed by atoms with Crippen LogP contribution in [0.1, 0.15) is 16.7 Å². The Morgan fingerprint density at radius 2 is 1.79 bits per heavy atom. The average molecular weight is 397 g/mol. The Hall–Kier alpha value is -2.56. The number of hydrogen-bond donors (Lipinski definition) is 1. The number of benzene rings is 3. The highest BCUT2D eigenvalue weighted by atomic mass is 35.5. The van der Waals surface area contributed by atoms with Crippen molar-refractivity contribution in [2.24, 2.45) is 0 Å². The number of nitrogens with one attached hydrogen (secondary N) is 1. The molecular formula is C23H25ClN2O2. The van der Waals surface area contributed by atoms with E-state index in [2.05, 4.69) is 23.5 Å². The van der Waals surface area contributed by atoms with E-state index >= 15 is 0 Å². The normalized spacial score (nSPS) is 11.1. The van der Waals surface area contributed by atoms with Crippen molar-refractivity contribution >= 4 is 34.0 Å². The number of carbonyl (C=O) groups is 1. The Balaban J connectivity index is 1.64. The predicted octanol–water partition coefficient (Wildman–Crippen LogP) is 5.19. The minimum Gasteiger partial charge on any atom is -0.497 e. The lowest BCUT2D eigenvalue weighted by Crippen LogP contribution is -2.30. The fraction of sp³-hybridized carbons (Fsp3) is 0.261. The summed E-state index contributed by atoms with van der Waals surface area (Å²) in [6, 6.07) is 16.2. The van der Waals surface area contributed by atoms with Gasteiger partial charge in [-0.3, -0.25) is 9.69 Å². The summed E-state index contributed by atoms with van der Waals surface area (Å²) in [6.07, 6.45) is 0. The van der Waals surface area contributed by atoms with E-state index in [0.717, 1.165) is 33.2 Å². The van der Waals surface area contributed by atoms with Crippen LogP contribution in [0.5, 0.6) is 5.75 Å². The lowest BCUT2D eigenvalue weighted by Gasteiger charge is -2.18. The molecule has 0 saturated carbocycles. The van der Waals surface area contributed by atoms with Crippen LogP contribution in [0.15, 0.2) is 48.5 Å². The number of hydrogen-bond acceptors (Lipinski definition) is 3. The predicted molar refractivity (Wildman–Crippen MR) is 116 cm³/mol. The van der Waals surface area contributed by atoms with Crippen molar-refractivity contribution in [3.05, 3.63) is 70.2 Å². The van der Waals surface area contributed by atoms with Crippen LogP contribution in [0.2, 0.25) is 5.02 Å². The number of rotatable bonds is 6. The molecule has 0 bridgehead atoms. The lowest BCUT2D eigenvalue weighted by atomic mass is 10.1. The lowest BCUT2D eigenvalue weighted by molar-refractivity contribution is -0.117. The van der Waals surface area contributed by atoms with Crippen LogP contribution in [0.25, 0.3) is 10.8 Å². The standard InChI is InChI=1S/C23H25ClN2O2/c1-15-9-16(2)23(21(24)10-15)25-22(27)14-26(3)13-17-5-6-19-12-20(28-4)8-7-18(19)11-17/h5-12H,13-14H2,1-4H3,(H,25,27). The molecule has 28 heavy (non-hydrogen) atoms. The van der Waals surface area contributed by atoms with E-state index in [9.17, 15) is 4.79 Å². The quantitative estimate of drug-likeness (QED) is 0.623. The van der Waals surface area contributed by atoms with Crippen LogP contribution < -0.4 is 10.1 Å². The van der Waals surface area contributed by atoms with E-state index < -0.39 is 0 Å². The highest BCUT2D eigenvalue weighted by Gasteiger charge is 2.12. The van der Waals surface area contributed by atoms with Gasteiger partial charge in [0, 0.05) is 6.54 Å². The van der Waals surface area contributed by atoms with Gasteiger partial charge in [-0.05, 0) is 72.6 Å². The maximum absolute atomic E-state index is 12.5. The topological polar surface area (TPSA) is 41.6 Å². The maximum atomic E-state index is 12.5. The minimum atomic E-state index is -0.0816. The summed E-state index contributed by atoms with van der Waals surface area (Å²) >= 11 is 6.29. The first-order valence-corrected chi connectivity index (χ1v) is 9.55. The van der Waals surface area contributed by atoms with Gasteiger partial charge >= 0.3 is 0 Å². The number of nitrogens with zero attached hydrogens (tertiary/aromatic N) is 1. The fourth-order valence-electron chi connectivity index (χ4n) is 3.36. The van der Waals surface area contributed by atoms with Crippen LogP contribution in [-0.2, 0) is 11.3 Å². The monoisotopic (exact) mass is 396 g/mol. The average Bonchev–Trinajstić information content (AvgIpc) is 2.64. The second-order valence-electron chi connectivity index (χ2n) is 7.21. The summed E-state index contributed by atoms with van der Waals surface area (Å²) in [7, 11) is 3.60. The molecule has 0 atom stereocenters. The third-order valence-electron chi connectivity index (χ3n) is 4.67. The molecule has 0 unspecified atom stereocenters. The third-order valence-corrected chi connectivity index (χ3v) is 4.97. The van der Waals surface area contributed by atoms with Gasteiger partial charge in [0.15, 0.2) is 0 Å². The number of anilines is 1. The van der Waals surface area contributed by atoms with Crippen LogP contribution in [-0.4, -0.2) is 31.5 Å². The summed E-state index contributed by atoms with van der Waals surface area (Å²) in [4.78, 5) is 14.4. The number of ether oxygens (including phenoxy) is 1. The first-order valence-electron chi connectivity index (χ1n) is 9.17. The van der Waals surface area contributed by atoms with E-state index in [-0.39, 0.29) is 12.5 Å². The third kappa shape index (κ3) is 4.83. The zero-order valence-electron chi connectivity index (χ0n) is 16.7. The van der Waals surface area contributed by atoms with Crippen molar-refractivity contribution in [3.63, 3.8) is 0 Å². The molecule has 3 aromatic carbocycles. The Bertz CT molecular complexity index is 994.